The third-order valence-corrected chi connectivity index (χ3v) is 4.83. The molecule has 0 saturated carbocycles. The molecule has 0 radical (unpaired) electrons. The van der Waals surface area contributed by atoms with Gasteiger partial charge in [-0.15, -0.1) is 0 Å². The van der Waals surface area contributed by atoms with Crippen molar-refractivity contribution in [3.05, 3.63) is 88.7 Å². The molecule has 3 rings (SSSR count). The molecule has 1 amide bonds. The standard InChI is InChI=1S/C22H22ClN3O/c1-3-26(15-17-8-5-4-6-9-17)22(27)18-12-19(14-24-13-18)25-21-11-7-10-20(23)16(21)2/h4-14,25H,3,15H2,1-2H3. The van der Waals surface area contributed by atoms with Gasteiger partial charge in [0.15, 0.2) is 0 Å². The van der Waals surface area contributed by atoms with E-state index in [1.807, 2.05) is 68.4 Å². The summed E-state index contributed by atoms with van der Waals surface area (Å²) in [6.07, 6.45) is 3.30. The van der Waals surface area contributed by atoms with Crippen molar-refractivity contribution in [3.63, 3.8) is 0 Å². The summed E-state index contributed by atoms with van der Waals surface area (Å²) in [5, 5.41) is 3.99. The average molecular weight is 380 g/mol. The van der Waals surface area contributed by atoms with Crippen LogP contribution in [0.3, 0.4) is 0 Å². The Morgan fingerprint density at radius 3 is 2.63 bits per heavy atom. The summed E-state index contributed by atoms with van der Waals surface area (Å²) in [6.45, 7) is 5.12. The van der Waals surface area contributed by atoms with E-state index in [1.54, 1.807) is 17.3 Å². The lowest BCUT2D eigenvalue weighted by molar-refractivity contribution is 0.0752. The number of carbonyl (C=O) groups is 1. The molecule has 27 heavy (non-hydrogen) atoms. The topological polar surface area (TPSA) is 45.2 Å². The van der Waals surface area contributed by atoms with E-state index in [0.717, 1.165) is 22.5 Å². The van der Waals surface area contributed by atoms with Crippen LogP contribution in [-0.4, -0.2) is 22.3 Å². The maximum absolute atomic E-state index is 12.9. The average Bonchev–Trinajstić information content (AvgIpc) is 2.70. The van der Waals surface area contributed by atoms with Crippen molar-refractivity contribution >= 4 is 28.9 Å². The van der Waals surface area contributed by atoms with Crippen LogP contribution in [0.1, 0.15) is 28.4 Å². The second kappa shape index (κ2) is 8.69. The normalized spacial score (nSPS) is 10.5. The van der Waals surface area contributed by atoms with Crippen LogP contribution in [0, 0.1) is 6.92 Å². The fourth-order valence-electron chi connectivity index (χ4n) is 2.84. The molecule has 3 aromatic rings. The minimum Gasteiger partial charge on any atom is -0.354 e. The molecule has 0 fully saturated rings. The van der Waals surface area contributed by atoms with Gasteiger partial charge in [0.05, 0.1) is 17.4 Å². The Morgan fingerprint density at radius 1 is 1.11 bits per heavy atom. The number of anilines is 2. The molecule has 0 saturated heterocycles. The fourth-order valence-corrected chi connectivity index (χ4v) is 3.01. The first-order chi connectivity index (χ1) is 13.1. The predicted molar refractivity (Wildman–Crippen MR) is 111 cm³/mol. The van der Waals surface area contributed by atoms with E-state index in [4.69, 9.17) is 11.6 Å². The Balaban J connectivity index is 1.79. The number of aromatic nitrogens is 1. The molecule has 0 aliphatic heterocycles. The highest BCUT2D eigenvalue weighted by molar-refractivity contribution is 6.31. The van der Waals surface area contributed by atoms with Gasteiger partial charge in [0, 0.05) is 30.0 Å². The number of pyridine rings is 1. The van der Waals surface area contributed by atoms with Gasteiger partial charge in [-0.05, 0) is 43.2 Å². The second-order valence-corrected chi connectivity index (χ2v) is 6.71. The van der Waals surface area contributed by atoms with E-state index in [1.165, 1.54) is 0 Å². The quantitative estimate of drug-likeness (QED) is 0.619. The van der Waals surface area contributed by atoms with Crippen LogP contribution < -0.4 is 5.32 Å². The highest BCUT2D eigenvalue weighted by atomic mass is 35.5. The summed E-state index contributed by atoms with van der Waals surface area (Å²) in [4.78, 5) is 19.0. The first-order valence-electron chi connectivity index (χ1n) is 8.89. The van der Waals surface area contributed by atoms with Gasteiger partial charge in [-0.3, -0.25) is 9.78 Å². The van der Waals surface area contributed by atoms with E-state index < -0.39 is 0 Å². The molecular weight excluding hydrogens is 358 g/mol. The highest BCUT2D eigenvalue weighted by Crippen LogP contribution is 2.26. The summed E-state index contributed by atoms with van der Waals surface area (Å²) in [5.41, 5.74) is 4.25. The van der Waals surface area contributed by atoms with Crippen LogP contribution in [0.2, 0.25) is 5.02 Å². The summed E-state index contributed by atoms with van der Waals surface area (Å²) < 4.78 is 0. The molecule has 0 aliphatic carbocycles. The SMILES string of the molecule is CCN(Cc1ccccc1)C(=O)c1cncc(Nc2cccc(Cl)c2C)c1. The van der Waals surface area contributed by atoms with E-state index in [0.29, 0.717) is 23.7 Å². The van der Waals surface area contributed by atoms with Crippen LogP contribution in [-0.2, 0) is 6.54 Å². The minimum atomic E-state index is -0.0414. The molecular formula is C22H22ClN3O. The number of nitrogens with zero attached hydrogens (tertiary/aromatic N) is 2. The van der Waals surface area contributed by atoms with Crippen LogP contribution in [0.15, 0.2) is 67.0 Å². The van der Waals surface area contributed by atoms with E-state index in [-0.39, 0.29) is 5.91 Å². The van der Waals surface area contributed by atoms with Gasteiger partial charge in [0.2, 0.25) is 0 Å². The van der Waals surface area contributed by atoms with Crippen molar-refractivity contribution in [1.29, 1.82) is 0 Å². The van der Waals surface area contributed by atoms with Crippen molar-refractivity contribution < 1.29 is 4.79 Å². The summed E-state index contributed by atoms with van der Waals surface area (Å²) in [5.74, 6) is -0.0414. The molecule has 4 nitrogen and oxygen atoms in total. The smallest absolute Gasteiger partial charge is 0.255 e. The molecule has 2 aromatic carbocycles. The predicted octanol–water partition coefficient (Wildman–Crippen LogP) is 5.45. The van der Waals surface area contributed by atoms with E-state index >= 15 is 0 Å². The van der Waals surface area contributed by atoms with Gasteiger partial charge < -0.3 is 10.2 Å². The number of hydrogen-bond donors (Lipinski definition) is 1. The Hall–Kier alpha value is -2.85. The molecule has 0 atom stereocenters. The van der Waals surface area contributed by atoms with Gasteiger partial charge >= 0.3 is 0 Å². The minimum absolute atomic E-state index is 0.0414. The first kappa shape index (κ1) is 18.9. The molecule has 0 spiro atoms. The van der Waals surface area contributed by atoms with Crippen molar-refractivity contribution in [3.8, 4) is 0 Å². The van der Waals surface area contributed by atoms with Gasteiger partial charge in [-0.2, -0.15) is 0 Å². The zero-order valence-corrected chi connectivity index (χ0v) is 16.2. The maximum Gasteiger partial charge on any atom is 0.255 e. The number of halogens is 1. The molecule has 138 valence electrons. The molecule has 1 N–H and O–H groups in total. The maximum atomic E-state index is 12.9. The summed E-state index contributed by atoms with van der Waals surface area (Å²) in [6, 6.07) is 17.5. The Bertz CT molecular complexity index is 928. The number of hydrogen-bond acceptors (Lipinski definition) is 3. The van der Waals surface area contributed by atoms with Crippen molar-refractivity contribution in [2.24, 2.45) is 0 Å². The van der Waals surface area contributed by atoms with Crippen molar-refractivity contribution in [1.82, 2.24) is 9.88 Å². The van der Waals surface area contributed by atoms with Crippen molar-refractivity contribution in [2.75, 3.05) is 11.9 Å². The summed E-state index contributed by atoms with van der Waals surface area (Å²) in [7, 11) is 0. The van der Waals surface area contributed by atoms with Gasteiger partial charge in [-0.25, -0.2) is 0 Å². The number of amides is 1. The number of carbonyl (C=O) groups excluding carboxylic acids is 1. The van der Waals surface area contributed by atoms with Crippen LogP contribution in [0.4, 0.5) is 11.4 Å². The number of nitrogens with one attached hydrogen (secondary N) is 1. The molecule has 1 aromatic heterocycles. The molecule has 0 bridgehead atoms. The van der Waals surface area contributed by atoms with Gasteiger partial charge in [0.1, 0.15) is 0 Å². The zero-order chi connectivity index (χ0) is 19.2. The van der Waals surface area contributed by atoms with E-state index in [9.17, 15) is 4.79 Å². The second-order valence-electron chi connectivity index (χ2n) is 6.30. The van der Waals surface area contributed by atoms with Crippen LogP contribution in [0.25, 0.3) is 0 Å². The number of benzene rings is 2. The molecule has 0 aliphatic rings. The largest absolute Gasteiger partial charge is 0.354 e. The van der Waals surface area contributed by atoms with Crippen LogP contribution >= 0.6 is 11.6 Å². The fraction of sp³-hybridized carbons (Fsp3) is 0.182. The number of rotatable bonds is 6. The van der Waals surface area contributed by atoms with E-state index in [2.05, 4.69) is 10.3 Å². The monoisotopic (exact) mass is 379 g/mol. The summed E-state index contributed by atoms with van der Waals surface area (Å²) >= 11 is 6.18. The highest BCUT2D eigenvalue weighted by Gasteiger charge is 2.15. The third-order valence-electron chi connectivity index (χ3n) is 4.42. The Kier molecular flexibility index (Phi) is 6.09. The molecule has 5 heteroatoms. The van der Waals surface area contributed by atoms with Gasteiger partial charge in [-0.1, -0.05) is 48.0 Å². The lowest BCUT2D eigenvalue weighted by Crippen LogP contribution is -2.30. The zero-order valence-electron chi connectivity index (χ0n) is 15.4. The third kappa shape index (κ3) is 4.66. The Labute approximate surface area is 164 Å². The lowest BCUT2D eigenvalue weighted by Gasteiger charge is -2.21. The van der Waals surface area contributed by atoms with Gasteiger partial charge in [0.25, 0.3) is 5.91 Å². The van der Waals surface area contributed by atoms with Crippen molar-refractivity contribution in [2.45, 2.75) is 20.4 Å². The molecule has 0 unspecified atom stereocenters. The molecule has 1 heterocycles. The first-order valence-corrected chi connectivity index (χ1v) is 9.26. The van der Waals surface area contributed by atoms with Crippen LogP contribution in [0.5, 0.6) is 0 Å². The lowest BCUT2D eigenvalue weighted by atomic mass is 10.1. The Morgan fingerprint density at radius 2 is 1.89 bits per heavy atom.